The number of amides is 1. The summed E-state index contributed by atoms with van der Waals surface area (Å²) < 4.78 is 5.54. The lowest BCUT2D eigenvalue weighted by molar-refractivity contribution is -0.139. The van der Waals surface area contributed by atoms with Gasteiger partial charge >= 0.3 is 0 Å². The third-order valence-corrected chi connectivity index (χ3v) is 6.99. The first-order valence-electron chi connectivity index (χ1n) is 10.7. The molecule has 1 N–H and O–H groups in total. The van der Waals surface area contributed by atoms with Gasteiger partial charge in [-0.25, -0.2) is 0 Å². The van der Waals surface area contributed by atoms with Crippen LogP contribution in [0.15, 0.2) is 65.6 Å². The van der Waals surface area contributed by atoms with Crippen LogP contribution in [0, 0.1) is 6.92 Å². The summed E-state index contributed by atoms with van der Waals surface area (Å²) >= 11 is 7.45. The predicted octanol–water partition coefficient (Wildman–Crippen LogP) is 5.77. The highest BCUT2D eigenvalue weighted by Gasteiger charge is 2.46. The molecule has 2 aromatic carbocycles. The van der Waals surface area contributed by atoms with Crippen molar-refractivity contribution in [3.63, 3.8) is 0 Å². The quantitative estimate of drug-likeness (QED) is 0.264. The fraction of sp³-hybridized carbons (Fsp3) is 0.231. The molecule has 4 rings (SSSR count). The molecule has 0 spiro atoms. The molecule has 3 aromatic rings. The monoisotopic (exact) mass is 481 g/mol. The number of thiophene rings is 1. The average molecular weight is 482 g/mol. The summed E-state index contributed by atoms with van der Waals surface area (Å²) in [4.78, 5) is 28.7. The van der Waals surface area contributed by atoms with Crippen molar-refractivity contribution in [3.05, 3.63) is 92.1 Å². The van der Waals surface area contributed by atoms with Gasteiger partial charge in [0.2, 0.25) is 0 Å². The summed E-state index contributed by atoms with van der Waals surface area (Å²) in [6, 6.07) is 15.6. The van der Waals surface area contributed by atoms with Crippen molar-refractivity contribution in [2.45, 2.75) is 26.3 Å². The second-order valence-electron chi connectivity index (χ2n) is 7.80. The molecule has 7 heteroatoms. The molecular formula is C26H24ClNO4S. The minimum absolute atomic E-state index is 0.107. The number of aliphatic hydroxyl groups is 1. The average Bonchev–Trinajstić information content (AvgIpc) is 3.34. The number of ether oxygens (including phenoxy) is 1. The number of benzene rings is 2. The number of likely N-dealkylation sites (tertiary alicyclic amines) is 1. The summed E-state index contributed by atoms with van der Waals surface area (Å²) in [6.45, 7) is 4.64. The molecule has 1 aromatic heterocycles. The van der Waals surface area contributed by atoms with E-state index in [1.807, 2.05) is 37.4 Å². The Hall–Kier alpha value is -3.09. The van der Waals surface area contributed by atoms with Gasteiger partial charge in [0.25, 0.3) is 11.7 Å². The Morgan fingerprint density at radius 3 is 2.58 bits per heavy atom. The van der Waals surface area contributed by atoms with E-state index < -0.39 is 17.7 Å². The zero-order valence-corrected chi connectivity index (χ0v) is 19.9. The topological polar surface area (TPSA) is 66.8 Å². The van der Waals surface area contributed by atoms with E-state index in [1.165, 1.54) is 11.3 Å². The molecule has 0 saturated carbocycles. The molecule has 1 fully saturated rings. The summed E-state index contributed by atoms with van der Waals surface area (Å²) in [5.74, 6) is -0.892. The van der Waals surface area contributed by atoms with Gasteiger partial charge in [0.1, 0.15) is 11.5 Å². The summed E-state index contributed by atoms with van der Waals surface area (Å²) in [6.07, 6.45) is 0.560. The van der Waals surface area contributed by atoms with Gasteiger partial charge in [0, 0.05) is 22.0 Å². The molecule has 1 aliphatic rings. The molecule has 1 amide bonds. The lowest BCUT2D eigenvalue weighted by Crippen LogP contribution is -2.31. The second-order valence-corrected chi connectivity index (χ2v) is 9.18. The first-order chi connectivity index (χ1) is 15.9. The van der Waals surface area contributed by atoms with Gasteiger partial charge in [-0.05, 0) is 67.1 Å². The van der Waals surface area contributed by atoms with Gasteiger partial charge in [-0.15, -0.1) is 11.3 Å². The van der Waals surface area contributed by atoms with Crippen LogP contribution < -0.4 is 4.74 Å². The molecule has 170 valence electrons. The molecule has 1 unspecified atom stereocenters. The van der Waals surface area contributed by atoms with Crippen molar-refractivity contribution in [3.8, 4) is 5.75 Å². The van der Waals surface area contributed by atoms with Crippen molar-refractivity contribution in [2.75, 3.05) is 13.2 Å². The third-order valence-electron chi connectivity index (χ3n) is 5.66. The zero-order valence-electron chi connectivity index (χ0n) is 18.4. The number of aliphatic hydroxyl groups excluding tert-OH is 1. The van der Waals surface area contributed by atoms with E-state index in [-0.39, 0.29) is 11.3 Å². The van der Waals surface area contributed by atoms with Crippen molar-refractivity contribution in [2.24, 2.45) is 0 Å². The maximum atomic E-state index is 13.2. The minimum Gasteiger partial charge on any atom is -0.507 e. The van der Waals surface area contributed by atoms with Crippen molar-refractivity contribution >= 4 is 40.4 Å². The Labute approximate surface area is 201 Å². The van der Waals surface area contributed by atoms with Crippen LogP contribution in [-0.4, -0.2) is 34.8 Å². The Balaban J connectivity index is 1.75. The fourth-order valence-corrected chi connectivity index (χ4v) is 5.18. The molecule has 1 atom stereocenters. The number of rotatable bonds is 7. The Morgan fingerprint density at radius 2 is 1.91 bits per heavy atom. The predicted molar refractivity (Wildman–Crippen MR) is 131 cm³/mol. The number of aryl methyl sites for hydroxylation is 1. The maximum Gasteiger partial charge on any atom is 0.295 e. The molecule has 1 aliphatic heterocycles. The largest absolute Gasteiger partial charge is 0.507 e. The molecular weight excluding hydrogens is 458 g/mol. The van der Waals surface area contributed by atoms with Gasteiger partial charge in [-0.3, -0.25) is 9.59 Å². The van der Waals surface area contributed by atoms with Gasteiger partial charge in [-0.1, -0.05) is 35.9 Å². The minimum atomic E-state index is -0.678. The smallest absolute Gasteiger partial charge is 0.295 e. The van der Waals surface area contributed by atoms with Gasteiger partial charge in [0.05, 0.1) is 18.2 Å². The lowest BCUT2D eigenvalue weighted by Gasteiger charge is -2.25. The Bertz CT molecular complexity index is 1220. The summed E-state index contributed by atoms with van der Waals surface area (Å²) in [5, 5.41) is 13.8. The zero-order chi connectivity index (χ0) is 23.5. The third kappa shape index (κ3) is 4.68. The number of carbonyl (C=O) groups is 2. The van der Waals surface area contributed by atoms with Crippen LogP contribution in [0.2, 0.25) is 5.02 Å². The van der Waals surface area contributed by atoms with Crippen molar-refractivity contribution in [1.29, 1.82) is 0 Å². The fourth-order valence-electron chi connectivity index (χ4n) is 4.00. The highest BCUT2D eigenvalue weighted by atomic mass is 35.5. The van der Waals surface area contributed by atoms with Gasteiger partial charge in [0.15, 0.2) is 0 Å². The van der Waals surface area contributed by atoms with Crippen molar-refractivity contribution < 1.29 is 19.4 Å². The number of Topliss-reactive ketones (excluding diaryl/α,β-unsaturated/α-hetero) is 1. The number of hydrogen-bond donors (Lipinski definition) is 1. The maximum absolute atomic E-state index is 13.2. The molecule has 0 bridgehead atoms. The van der Waals surface area contributed by atoms with Crippen molar-refractivity contribution in [1.82, 2.24) is 4.90 Å². The molecule has 0 radical (unpaired) electrons. The van der Waals surface area contributed by atoms with E-state index in [0.717, 1.165) is 16.0 Å². The molecule has 33 heavy (non-hydrogen) atoms. The number of nitrogens with zero attached hydrogens (tertiary/aromatic N) is 1. The van der Waals surface area contributed by atoms with E-state index in [4.69, 9.17) is 16.3 Å². The molecule has 2 heterocycles. The normalized spacial score (nSPS) is 17.5. The van der Waals surface area contributed by atoms with Crippen LogP contribution in [0.25, 0.3) is 5.76 Å². The SMILES string of the molecule is CCOc1cccc(/C(O)=C2/C(=O)C(=O)N(CCc3ccc(Cl)cc3)C2c2sccc2C)c1. The highest BCUT2D eigenvalue weighted by Crippen LogP contribution is 2.42. The van der Waals surface area contributed by atoms with E-state index >= 15 is 0 Å². The number of hydrogen-bond acceptors (Lipinski definition) is 5. The van der Waals surface area contributed by atoms with Crippen LogP contribution >= 0.6 is 22.9 Å². The Morgan fingerprint density at radius 1 is 1.15 bits per heavy atom. The lowest BCUT2D eigenvalue weighted by atomic mass is 9.98. The van der Waals surface area contributed by atoms with E-state index in [9.17, 15) is 14.7 Å². The second kappa shape index (κ2) is 9.81. The highest BCUT2D eigenvalue weighted by molar-refractivity contribution is 7.10. The molecule has 1 saturated heterocycles. The van der Waals surface area contributed by atoms with Crippen LogP contribution in [0.4, 0.5) is 0 Å². The van der Waals surface area contributed by atoms with E-state index in [1.54, 1.807) is 41.3 Å². The molecule has 0 aliphatic carbocycles. The summed E-state index contributed by atoms with van der Waals surface area (Å²) in [7, 11) is 0. The molecule has 5 nitrogen and oxygen atoms in total. The van der Waals surface area contributed by atoms with Crippen LogP contribution in [-0.2, 0) is 16.0 Å². The van der Waals surface area contributed by atoms with E-state index in [2.05, 4.69) is 0 Å². The van der Waals surface area contributed by atoms with E-state index in [0.29, 0.717) is 35.9 Å². The first kappa shape index (κ1) is 23.1. The van der Waals surface area contributed by atoms with Gasteiger partial charge in [-0.2, -0.15) is 0 Å². The Kier molecular flexibility index (Phi) is 6.86. The standard InChI is InChI=1S/C26H24ClNO4S/c1-3-32-20-6-4-5-18(15-20)23(29)21-22(25-16(2)12-14-33-25)28(26(31)24(21)30)13-11-17-7-9-19(27)10-8-17/h4-10,12,14-15,22,29H,3,11,13H2,1-2H3/b23-21-. The number of ketones is 1. The van der Waals surface area contributed by atoms with Gasteiger partial charge < -0.3 is 14.7 Å². The number of halogens is 1. The first-order valence-corrected chi connectivity index (χ1v) is 12.0. The van der Waals surface area contributed by atoms with Crippen LogP contribution in [0.3, 0.4) is 0 Å². The van der Waals surface area contributed by atoms with Crippen LogP contribution in [0.1, 0.15) is 34.5 Å². The van der Waals surface area contributed by atoms with Crippen LogP contribution in [0.5, 0.6) is 5.75 Å². The number of carbonyl (C=O) groups excluding carboxylic acids is 2. The summed E-state index contributed by atoms with van der Waals surface area (Å²) in [5.41, 5.74) is 2.52.